The summed E-state index contributed by atoms with van der Waals surface area (Å²) in [6.07, 6.45) is 2.70. The number of nitrogens with zero attached hydrogens (tertiary/aromatic N) is 2. The van der Waals surface area contributed by atoms with Gasteiger partial charge in [0.15, 0.2) is 0 Å². The topological polar surface area (TPSA) is 49.8 Å². The zero-order valence-electron chi connectivity index (χ0n) is 12.0. The van der Waals surface area contributed by atoms with Crippen molar-refractivity contribution in [2.24, 2.45) is 0 Å². The van der Waals surface area contributed by atoms with Crippen molar-refractivity contribution >= 4 is 27.7 Å². The highest BCUT2D eigenvalue weighted by molar-refractivity contribution is 9.10. The van der Waals surface area contributed by atoms with Gasteiger partial charge in [-0.3, -0.25) is 0 Å². The smallest absolute Gasteiger partial charge is 0.224 e. The minimum atomic E-state index is -0.242. The normalized spacial score (nSPS) is 12.0. The van der Waals surface area contributed by atoms with Crippen molar-refractivity contribution < 1.29 is 4.39 Å². The van der Waals surface area contributed by atoms with Gasteiger partial charge < -0.3 is 10.6 Å². The molecule has 112 valence electrons. The zero-order chi connectivity index (χ0) is 15.2. The van der Waals surface area contributed by atoms with Gasteiger partial charge >= 0.3 is 0 Å². The number of rotatable bonds is 6. The van der Waals surface area contributed by atoms with Crippen LogP contribution in [0.2, 0.25) is 0 Å². The van der Waals surface area contributed by atoms with E-state index in [0.29, 0.717) is 11.8 Å². The summed E-state index contributed by atoms with van der Waals surface area (Å²) in [6, 6.07) is 6.47. The van der Waals surface area contributed by atoms with E-state index in [1.54, 1.807) is 12.3 Å². The highest BCUT2D eigenvalue weighted by Crippen LogP contribution is 2.25. The van der Waals surface area contributed by atoms with Gasteiger partial charge in [-0.15, -0.1) is 0 Å². The molecule has 0 spiro atoms. The molecule has 1 aromatic heterocycles. The van der Waals surface area contributed by atoms with E-state index in [1.807, 2.05) is 13.0 Å². The van der Waals surface area contributed by atoms with Gasteiger partial charge in [0.05, 0.1) is 10.5 Å². The maximum Gasteiger partial charge on any atom is 0.224 e. The van der Waals surface area contributed by atoms with Crippen molar-refractivity contribution in [1.82, 2.24) is 9.97 Å². The summed E-state index contributed by atoms with van der Waals surface area (Å²) in [6.45, 7) is 4.86. The monoisotopic (exact) mass is 352 g/mol. The number of aromatic nitrogens is 2. The molecule has 0 amide bonds. The van der Waals surface area contributed by atoms with Gasteiger partial charge in [-0.1, -0.05) is 19.1 Å². The molecule has 1 heterocycles. The van der Waals surface area contributed by atoms with Crippen molar-refractivity contribution in [2.75, 3.05) is 17.2 Å². The standard InChI is InChI=1S/C15H18BrFN4/c1-3-7-18-15-19-9-13(16)14(21-15)20-10(2)11-5-4-6-12(17)8-11/h4-6,8-10H,3,7H2,1-2H3,(H2,18,19,20,21). The lowest BCUT2D eigenvalue weighted by molar-refractivity contribution is 0.623. The first kappa shape index (κ1) is 15.7. The maximum atomic E-state index is 13.3. The molecule has 6 heteroatoms. The molecule has 1 aromatic carbocycles. The first-order valence-corrected chi connectivity index (χ1v) is 7.68. The molecule has 0 fully saturated rings. The van der Waals surface area contributed by atoms with Crippen LogP contribution in [0.5, 0.6) is 0 Å². The minimum Gasteiger partial charge on any atom is -0.362 e. The van der Waals surface area contributed by atoms with E-state index >= 15 is 0 Å². The summed E-state index contributed by atoms with van der Waals surface area (Å²) in [7, 11) is 0. The van der Waals surface area contributed by atoms with E-state index in [1.165, 1.54) is 12.1 Å². The van der Waals surface area contributed by atoms with Crippen LogP contribution in [0.15, 0.2) is 34.9 Å². The van der Waals surface area contributed by atoms with E-state index in [9.17, 15) is 4.39 Å². The van der Waals surface area contributed by atoms with Crippen LogP contribution in [0.25, 0.3) is 0 Å². The van der Waals surface area contributed by atoms with Crippen molar-refractivity contribution in [3.63, 3.8) is 0 Å². The van der Waals surface area contributed by atoms with Crippen molar-refractivity contribution in [3.05, 3.63) is 46.3 Å². The molecular formula is C15H18BrFN4. The molecule has 0 bridgehead atoms. The number of benzene rings is 1. The minimum absolute atomic E-state index is 0.0640. The SMILES string of the molecule is CCCNc1ncc(Br)c(NC(C)c2cccc(F)c2)n1. The van der Waals surface area contributed by atoms with Crippen molar-refractivity contribution in [2.45, 2.75) is 26.3 Å². The number of nitrogens with one attached hydrogen (secondary N) is 2. The summed E-state index contributed by atoms with van der Waals surface area (Å²) in [4.78, 5) is 8.63. The Morgan fingerprint density at radius 1 is 1.38 bits per heavy atom. The third-order valence-electron chi connectivity index (χ3n) is 2.98. The molecule has 0 aliphatic rings. The van der Waals surface area contributed by atoms with Crippen LogP contribution < -0.4 is 10.6 Å². The fourth-order valence-electron chi connectivity index (χ4n) is 1.85. The first-order chi connectivity index (χ1) is 10.1. The van der Waals surface area contributed by atoms with Crippen molar-refractivity contribution in [1.29, 1.82) is 0 Å². The zero-order valence-corrected chi connectivity index (χ0v) is 13.6. The Morgan fingerprint density at radius 3 is 2.90 bits per heavy atom. The van der Waals surface area contributed by atoms with Crippen molar-refractivity contribution in [3.8, 4) is 0 Å². The molecule has 2 N–H and O–H groups in total. The van der Waals surface area contributed by atoms with E-state index in [0.717, 1.165) is 23.0 Å². The molecular weight excluding hydrogens is 335 g/mol. The van der Waals surface area contributed by atoms with Gasteiger partial charge in [-0.2, -0.15) is 4.98 Å². The summed E-state index contributed by atoms with van der Waals surface area (Å²) in [5, 5.41) is 6.41. The quantitative estimate of drug-likeness (QED) is 0.810. The highest BCUT2D eigenvalue weighted by atomic mass is 79.9. The Labute approximate surface area is 132 Å². The Kier molecular flexibility index (Phi) is 5.50. The number of hydrogen-bond donors (Lipinski definition) is 2. The Balaban J connectivity index is 2.14. The third-order valence-corrected chi connectivity index (χ3v) is 3.56. The largest absolute Gasteiger partial charge is 0.362 e. The molecule has 0 aliphatic carbocycles. The molecule has 2 rings (SSSR count). The van der Waals surface area contributed by atoms with Gasteiger partial charge in [0.1, 0.15) is 11.6 Å². The summed E-state index contributed by atoms with van der Waals surface area (Å²) < 4.78 is 14.0. The second kappa shape index (κ2) is 7.36. The van der Waals surface area contributed by atoms with Crippen LogP contribution >= 0.6 is 15.9 Å². The van der Waals surface area contributed by atoms with E-state index in [2.05, 4.69) is 43.5 Å². The highest BCUT2D eigenvalue weighted by Gasteiger charge is 2.10. The molecule has 0 saturated heterocycles. The second-order valence-electron chi connectivity index (χ2n) is 4.74. The van der Waals surface area contributed by atoms with E-state index in [-0.39, 0.29) is 11.9 Å². The number of hydrogen-bond acceptors (Lipinski definition) is 4. The molecule has 1 atom stereocenters. The fourth-order valence-corrected chi connectivity index (χ4v) is 2.16. The predicted octanol–water partition coefficient (Wildman–Crippen LogP) is 4.37. The van der Waals surface area contributed by atoms with Gasteiger partial charge in [-0.05, 0) is 47.0 Å². The van der Waals surface area contributed by atoms with Gasteiger partial charge in [0.2, 0.25) is 5.95 Å². The van der Waals surface area contributed by atoms with E-state index < -0.39 is 0 Å². The molecule has 4 nitrogen and oxygen atoms in total. The Bertz CT molecular complexity index is 606. The lowest BCUT2D eigenvalue weighted by Crippen LogP contribution is -2.11. The lowest BCUT2D eigenvalue weighted by Gasteiger charge is -2.16. The van der Waals surface area contributed by atoms with Gasteiger partial charge in [-0.25, -0.2) is 9.37 Å². The molecule has 1 unspecified atom stereocenters. The number of anilines is 2. The lowest BCUT2D eigenvalue weighted by atomic mass is 10.1. The average Bonchev–Trinajstić information content (AvgIpc) is 2.48. The number of halogens is 2. The molecule has 21 heavy (non-hydrogen) atoms. The molecule has 0 aliphatic heterocycles. The van der Waals surface area contributed by atoms with Gasteiger partial charge in [0, 0.05) is 12.7 Å². The van der Waals surface area contributed by atoms with Crippen LogP contribution in [-0.2, 0) is 0 Å². The van der Waals surface area contributed by atoms with Crippen LogP contribution in [0.3, 0.4) is 0 Å². The Hall–Kier alpha value is -1.69. The molecule has 2 aromatic rings. The van der Waals surface area contributed by atoms with Crippen LogP contribution in [0.1, 0.15) is 31.9 Å². The summed E-state index contributed by atoms with van der Waals surface area (Å²) in [5.41, 5.74) is 0.864. The predicted molar refractivity (Wildman–Crippen MR) is 87.0 cm³/mol. The average molecular weight is 353 g/mol. The van der Waals surface area contributed by atoms with Crippen LogP contribution in [0, 0.1) is 5.82 Å². The Morgan fingerprint density at radius 2 is 2.19 bits per heavy atom. The third kappa shape index (κ3) is 4.39. The fraction of sp³-hybridized carbons (Fsp3) is 0.333. The second-order valence-corrected chi connectivity index (χ2v) is 5.59. The van der Waals surface area contributed by atoms with Crippen LogP contribution in [0.4, 0.5) is 16.2 Å². The maximum absolute atomic E-state index is 13.3. The molecule has 0 saturated carbocycles. The first-order valence-electron chi connectivity index (χ1n) is 6.88. The van der Waals surface area contributed by atoms with Gasteiger partial charge in [0.25, 0.3) is 0 Å². The summed E-state index contributed by atoms with van der Waals surface area (Å²) >= 11 is 3.42. The summed E-state index contributed by atoms with van der Waals surface area (Å²) in [5.74, 6) is 1.02. The molecule has 0 radical (unpaired) electrons. The van der Waals surface area contributed by atoms with E-state index in [4.69, 9.17) is 0 Å². The van der Waals surface area contributed by atoms with Crippen LogP contribution in [-0.4, -0.2) is 16.5 Å².